The molecule has 1 aromatic carbocycles. The van der Waals surface area contributed by atoms with Crippen molar-refractivity contribution < 1.29 is 18.0 Å². The van der Waals surface area contributed by atoms with Gasteiger partial charge in [-0.2, -0.15) is 18.3 Å². The van der Waals surface area contributed by atoms with E-state index in [1.807, 2.05) is 13.8 Å². The van der Waals surface area contributed by atoms with Gasteiger partial charge in [0.2, 0.25) is 5.91 Å². The van der Waals surface area contributed by atoms with Crippen LogP contribution >= 0.6 is 0 Å². The van der Waals surface area contributed by atoms with Crippen molar-refractivity contribution in [1.82, 2.24) is 15.1 Å². The van der Waals surface area contributed by atoms with Gasteiger partial charge in [-0.1, -0.05) is 26.0 Å². The number of carbonyl (C=O) groups excluding carboxylic acids is 1. The van der Waals surface area contributed by atoms with Gasteiger partial charge in [-0.25, -0.2) is 4.68 Å². The maximum atomic E-state index is 12.6. The molecule has 1 aromatic heterocycles. The lowest BCUT2D eigenvalue weighted by Crippen LogP contribution is -2.43. The number of hydrogen-bond donors (Lipinski definition) is 2. The molecule has 2 aromatic rings. The standard InChI is InChI=1S/C16H19F3N4O/c1-10(2)14(20)15(24)21-9-11-3-5-12(6-4-11)23-8-7-13(22-23)16(17,18)19/h3-8,10,14H,9,20H2,1-2H3,(H,21,24)/t14-/m0/s1. The predicted molar refractivity (Wildman–Crippen MR) is 83.2 cm³/mol. The van der Waals surface area contributed by atoms with Crippen molar-refractivity contribution in [2.45, 2.75) is 32.6 Å². The lowest BCUT2D eigenvalue weighted by Gasteiger charge is -2.15. The molecule has 5 nitrogen and oxygen atoms in total. The highest BCUT2D eigenvalue weighted by molar-refractivity contribution is 5.81. The first kappa shape index (κ1) is 18.0. The molecule has 1 atom stereocenters. The van der Waals surface area contributed by atoms with Crippen molar-refractivity contribution in [3.63, 3.8) is 0 Å². The van der Waals surface area contributed by atoms with E-state index in [1.165, 1.54) is 6.20 Å². The summed E-state index contributed by atoms with van der Waals surface area (Å²) in [6.07, 6.45) is -3.22. The van der Waals surface area contributed by atoms with Gasteiger partial charge in [0.05, 0.1) is 11.7 Å². The number of amides is 1. The number of nitrogens with one attached hydrogen (secondary N) is 1. The van der Waals surface area contributed by atoms with Crippen LogP contribution in [0.4, 0.5) is 13.2 Å². The molecule has 0 spiro atoms. The fraction of sp³-hybridized carbons (Fsp3) is 0.375. The van der Waals surface area contributed by atoms with Gasteiger partial charge in [0, 0.05) is 12.7 Å². The molecule has 0 radical (unpaired) electrons. The maximum absolute atomic E-state index is 12.6. The minimum atomic E-state index is -4.47. The highest BCUT2D eigenvalue weighted by Crippen LogP contribution is 2.27. The van der Waals surface area contributed by atoms with Crippen LogP contribution in [0.1, 0.15) is 25.1 Å². The van der Waals surface area contributed by atoms with Crippen LogP contribution in [0, 0.1) is 5.92 Å². The van der Waals surface area contributed by atoms with E-state index in [1.54, 1.807) is 24.3 Å². The Labute approximate surface area is 137 Å². The quantitative estimate of drug-likeness (QED) is 0.878. The molecule has 0 aliphatic heterocycles. The molecule has 1 amide bonds. The second kappa shape index (κ2) is 7.04. The van der Waals surface area contributed by atoms with E-state index in [9.17, 15) is 18.0 Å². The molecule has 0 saturated heterocycles. The summed E-state index contributed by atoms with van der Waals surface area (Å²) in [7, 11) is 0. The van der Waals surface area contributed by atoms with E-state index in [0.29, 0.717) is 12.2 Å². The van der Waals surface area contributed by atoms with Crippen molar-refractivity contribution in [1.29, 1.82) is 0 Å². The van der Waals surface area contributed by atoms with Gasteiger partial charge in [-0.3, -0.25) is 4.79 Å². The van der Waals surface area contributed by atoms with Crippen LogP contribution in [0.15, 0.2) is 36.5 Å². The molecule has 2 rings (SSSR count). The molecule has 8 heteroatoms. The summed E-state index contributed by atoms with van der Waals surface area (Å²) in [6, 6.07) is 7.04. The van der Waals surface area contributed by atoms with Gasteiger partial charge in [0.25, 0.3) is 0 Å². The highest BCUT2D eigenvalue weighted by Gasteiger charge is 2.33. The third-order valence-corrected chi connectivity index (χ3v) is 3.57. The Morgan fingerprint density at radius 3 is 2.38 bits per heavy atom. The van der Waals surface area contributed by atoms with Gasteiger partial charge < -0.3 is 11.1 Å². The predicted octanol–water partition coefficient (Wildman–Crippen LogP) is 2.49. The number of nitrogens with zero attached hydrogens (tertiary/aromatic N) is 2. The largest absolute Gasteiger partial charge is 0.435 e. The number of aromatic nitrogens is 2. The maximum Gasteiger partial charge on any atom is 0.435 e. The summed E-state index contributed by atoms with van der Waals surface area (Å²) in [5.41, 5.74) is 6.11. The van der Waals surface area contributed by atoms with Crippen molar-refractivity contribution in [3.05, 3.63) is 47.8 Å². The molecule has 0 fully saturated rings. The Kier molecular flexibility index (Phi) is 5.28. The Bertz CT molecular complexity index is 692. The third kappa shape index (κ3) is 4.35. The second-order valence-electron chi connectivity index (χ2n) is 5.80. The smallest absolute Gasteiger partial charge is 0.351 e. The first-order valence-electron chi connectivity index (χ1n) is 7.44. The molecular formula is C16H19F3N4O. The highest BCUT2D eigenvalue weighted by atomic mass is 19.4. The van der Waals surface area contributed by atoms with Gasteiger partial charge in [0.1, 0.15) is 0 Å². The van der Waals surface area contributed by atoms with E-state index in [0.717, 1.165) is 16.3 Å². The molecule has 0 unspecified atom stereocenters. The lowest BCUT2D eigenvalue weighted by atomic mass is 10.0. The fourth-order valence-electron chi connectivity index (χ4n) is 2.00. The van der Waals surface area contributed by atoms with Crippen LogP contribution < -0.4 is 11.1 Å². The number of carbonyl (C=O) groups is 1. The van der Waals surface area contributed by atoms with E-state index < -0.39 is 17.9 Å². The fourth-order valence-corrected chi connectivity index (χ4v) is 2.00. The Morgan fingerprint density at radius 1 is 1.25 bits per heavy atom. The van der Waals surface area contributed by atoms with Crippen LogP contribution in [0.5, 0.6) is 0 Å². The van der Waals surface area contributed by atoms with E-state index in [4.69, 9.17) is 5.73 Å². The molecule has 0 saturated carbocycles. The van der Waals surface area contributed by atoms with Crippen LogP contribution in [0.25, 0.3) is 5.69 Å². The molecule has 130 valence electrons. The summed E-state index contributed by atoms with van der Waals surface area (Å²) in [5.74, 6) is -0.203. The van der Waals surface area contributed by atoms with Crippen molar-refractivity contribution in [3.8, 4) is 5.69 Å². The number of nitrogens with two attached hydrogens (primary N) is 1. The summed E-state index contributed by atoms with van der Waals surface area (Å²) in [6.45, 7) is 4.02. The molecule has 0 bridgehead atoms. The molecular weight excluding hydrogens is 321 g/mol. The van der Waals surface area contributed by atoms with Gasteiger partial charge in [-0.05, 0) is 29.7 Å². The summed E-state index contributed by atoms with van der Waals surface area (Å²) >= 11 is 0. The van der Waals surface area contributed by atoms with Crippen molar-refractivity contribution in [2.75, 3.05) is 0 Å². The molecule has 0 aliphatic carbocycles. The zero-order valence-electron chi connectivity index (χ0n) is 13.3. The average Bonchev–Trinajstić information content (AvgIpc) is 3.02. The summed E-state index contributed by atoms with van der Waals surface area (Å²) in [5, 5.41) is 6.23. The van der Waals surface area contributed by atoms with Crippen LogP contribution in [0.2, 0.25) is 0 Å². The topological polar surface area (TPSA) is 72.9 Å². The minimum absolute atomic E-state index is 0.0371. The van der Waals surface area contributed by atoms with Crippen LogP contribution in [0.3, 0.4) is 0 Å². The van der Waals surface area contributed by atoms with Gasteiger partial charge >= 0.3 is 6.18 Å². The zero-order valence-corrected chi connectivity index (χ0v) is 13.3. The minimum Gasteiger partial charge on any atom is -0.351 e. The lowest BCUT2D eigenvalue weighted by molar-refractivity contribution is -0.141. The van der Waals surface area contributed by atoms with E-state index >= 15 is 0 Å². The van der Waals surface area contributed by atoms with E-state index in [-0.39, 0.29) is 11.8 Å². The monoisotopic (exact) mass is 340 g/mol. The Morgan fingerprint density at radius 2 is 1.88 bits per heavy atom. The Hall–Kier alpha value is -2.35. The molecule has 1 heterocycles. The third-order valence-electron chi connectivity index (χ3n) is 3.57. The van der Waals surface area contributed by atoms with Crippen LogP contribution in [-0.2, 0) is 17.5 Å². The molecule has 3 N–H and O–H groups in total. The number of benzene rings is 1. The van der Waals surface area contributed by atoms with Crippen molar-refractivity contribution in [2.24, 2.45) is 11.7 Å². The number of hydrogen-bond acceptors (Lipinski definition) is 3. The first-order valence-corrected chi connectivity index (χ1v) is 7.44. The first-order chi connectivity index (χ1) is 11.2. The van der Waals surface area contributed by atoms with Crippen molar-refractivity contribution >= 4 is 5.91 Å². The number of alkyl halides is 3. The van der Waals surface area contributed by atoms with Crippen LogP contribution in [-0.4, -0.2) is 21.7 Å². The SMILES string of the molecule is CC(C)[C@H](N)C(=O)NCc1ccc(-n2ccc(C(F)(F)F)n2)cc1. The summed E-state index contributed by atoms with van der Waals surface area (Å²) < 4.78 is 38.8. The Balaban J connectivity index is 2.01. The van der Waals surface area contributed by atoms with E-state index in [2.05, 4.69) is 10.4 Å². The van der Waals surface area contributed by atoms with Gasteiger partial charge in [-0.15, -0.1) is 0 Å². The normalized spacial score (nSPS) is 13.1. The molecule has 24 heavy (non-hydrogen) atoms. The second-order valence-corrected chi connectivity index (χ2v) is 5.80. The molecule has 0 aliphatic rings. The van der Waals surface area contributed by atoms with Gasteiger partial charge in [0.15, 0.2) is 5.69 Å². The number of rotatable bonds is 5. The zero-order chi connectivity index (χ0) is 17.9. The number of halogens is 3. The summed E-state index contributed by atoms with van der Waals surface area (Å²) in [4.78, 5) is 11.8. The average molecular weight is 340 g/mol.